The first-order valence-electron chi connectivity index (χ1n) is 7.05. The van der Waals surface area contributed by atoms with Crippen LogP contribution < -0.4 is 10.0 Å². The third kappa shape index (κ3) is 3.10. The molecule has 2 heterocycles. The van der Waals surface area contributed by atoms with E-state index in [1.54, 1.807) is 12.1 Å². The number of rotatable bonds is 4. The van der Waals surface area contributed by atoms with Crippen LogP contribution in [0.25, 0.3) is 0 Å². The zero-order chi connectivity index (χ0) is 18.4. The molecule has 25 heavy (non-hydrogen) atoms. The molecule has 0 saturated heterocycles. The van der Waals surface area contributed by atoms with Crippen LogP contribution in [-0.4, -0.2) is 27.4 Å². The van der Waals surface area contributed by atoms with Crippen LogP contribution in [0.15, 0.2) is 22.4 Å². The molecule has 0 saturated carbocycles. The van der Waals surface area contributed by atoms with Crippen molar-refractivity contribution in [2.45, 2.75) is 17.7 Å². The molecular formula is C15H13ClN2O5S2. The molecule has 7 nitrogen and oxygen atoms in total. The number of methoxy groups -OCH3 is 1. The van der Waals surface area contributed by atoms with E-state index in [-0.39, 0.29) is 25.6 Å². The van der Waals surface area contributed by atoms with Gasteiger partial charge in [0.2, 0.25) is 0 Å². The van der Waals surface area contributed by atoms with Crippen LogP contribution in [0.1, 0.15) is 31.2 Å². The van der Waals surface area contributed by atoms with Gasteiger partial charge in [-0.2, -0.15) is 0 Å². The van der Waals surface area contributed by atoms with Crippen molar-refractivity contribution >= 4 is 50.5 Å². The van der Waals surface area contributed by atoms with Gasteiger partial charge in [-0.05, 0) is 30.7 Å². The lowest BCUT2D eigenvalue weighted by Crippen LogP contribution is -2.13. The zero-order valence-corrected chi connectivity index (χ0v) is 15.6. The number of hydrogen-bond acceptors (Lipinski definition) is 6. The lowest BCUT2D eigenvalue weighted by atomic mass is 10.1. The minimum atomic E-state index is -3.95. The van der Waals surface area contributed by atoms with Crippen LogP contribution in [0.5, 0.6) is 0 Å². The Morgan fingerprint density at radius 2 is 2.12 bits per heavy atom. The number of hydrogen-bond donors (Lipinski definition) is 2. The maximum absolute atomic E-state index is 12.7. The van der Waals surface area contributed by atoms with Crippen molar-refractivity contribution in [1.29, 1.82) is 0 Å². The number of carbonyl (C=O) groups is 2. The number of anilines is 1. The van der Waals surface area contributed by atoms with Crippen LogP contribution in [-0.2, 0) is 21.3 Å². The maximum Gasteiger partial charge on any atom is 0.349 e. The van der Waals surface area contributed by atoms with E-state index in [0.717, 1.165) is 11.3 Å². The Hall–Kier alpha value is -2.10. The SMILES string of the molecule is COC(=O)c1sc(S(=O)(=O)Nc2ccc3c(c2)CNC3=O)c(C)c1Cl. The molecule has 1 aliphatic rings. The number of sulfonamides is 1. The molecule has 0 bridgehead atoms. The number of nitrogens with one attached hydrogen (secondary N) is 2. The van der Waals surface area contributed by atoms with E-state index in [1.165, 1.54) is 20.1 Å². The molecular weight excluding hydrogens is 388 g/mol. The van der Waals surface area contributed by atoms with Gasteiger partial charge in [0.15, 0.2) is 0 Å². The zero-order valence-electron chi connectivity index (χ0n) is 13.2. The average molecular weight is 401 g/mol. The third-order valence-corrected chi connectivity index (χ3v) is 7.54. The lowest BCUT2D eigenvalue weighted by molar-refractivity contribution is 0.0606. The highest BCUT2D eigenvalue weighted by molar-refractivity contribution is 7.94. The minimum absolute atomic E-state index is 0.0331. The first kappa shape index (κ1) is 17.7. The molecule has 0 aliphatic carbocycles. The van der Waals surface area contributed by atoms with Gasteiger partial charge < -0.3 is 10.1 Å². The summed E-state index contributed by atoms with van der Waals surface area (Å²) < 4.78 is 32.3. The summed E-state index contributed by atoms with van der Waals surface area (Å²) in [4.78, 5) is 23.3. The fraction of sp³-hybridized carbons (Fsp3) is 0.200. The Bertz CT molecular complexity index is 998. The summed E-state index contributed by atoms with van der Waals surface area (Å²) in [7, 11) is -2.75. The van der Waals surface area contributed by atoms with Crippen LogP contribution in [0, 0.1) is 6.92 Å². The van der Waals surface area contributed by atoms with E-state index in [1.807, 2.05) is 0 Å². The van der Waals surface area contributed by atoms with Gasteiger partial charge in [-0.15, -0.1) is 11.3 Å². The van der Waals surface area contributed by atoms with Crippen molar-refractivity contribution in [2.24, 2.45) is 0 Å². The molecule has 1 aliphatic heterocycles. The number of ether oxygens (including phenoxy) is 1. The number of carbonyl (C=O) groups excluding carboxylic acids is 2. The van der Waals surface area contributed by atoms with Gasteiger partial charge >= 0.3 is 5.97 Å². The van der Waals surface area contributed by atoms with Crippen LogP contribution in [0.3, 0.4) is 0 Å². The van der Waals surface area contributed by atoms with Crippen molar-refractivity contribution < 1.29 is 22.7 Å². The topological polar surface area (TPSA) is 102 Å². The van der Waals surface area contributed by atoms with Gasteiger partial charge in [0.05, 0.1) is 12.1 Å². The smallest absolute Gasteiger partial charge is 0.349 e. The number of halogens is 1. The molecule has 132 valence electrons. The molecule has 0 unspecified atom stereocenters. The lowest BCUT2D eigenvalue weighted by Gasteiger charge is -2.08. The Morgan fingerprint density at radius 1 is 1.40 bits per heavy atom. The average Bonchev–Trinajstić information content (AvgIpc) is 3.08. The summed E-state index contributed by atoms with van der Waals surface area (Å²) in [5.41, 5.74) is 1.82. The fourth-order valence-electron chi connectivity index (χ4n) is 2.45. The second-order valence-electron chi connectivity index (χ2n) is 5.31. The van der Waals surface area contributed by atoms with E-state index in [9.17, 15) is 18.0 Å². The molecule has 1 aromatic heterocycles. The Morgan fingerprint density at radius 3 is 2.80 bits per heavy atom. The third-order valence-electron chi connectivity index (χ3n) is 3.69. The molecule has 1 amide bonds. The monoisotopic (exact) mass is 400 g/mol. The van der Waals surface area contributed by atoms with E-state index in [2.05, 4.69) is 14.8 Å². The Labute approximate surface area is 153 Å². The second kappa shape index (κ2) is 6.32. The second-order valence-corrected chi connectivity index (χ2v) is 8.59. The first-order chi connectivity index (χ1) is 11.7. The number of benzene rings is 1. The van der Waals surface area contributed by atoms with Gasteiger partial charge in [0.1, 0.15) is 9.09 Å². The van der Waals surface area contributed by atoms with Gasteiger partial charge in [0.25, 0.3) is 15.9 Å². The molecule has 0 radical (unpaired) electrons. The molecule has 3 rings (SSSR count). The predicted octanol–water partition coefficient (Wildman–Crippen LogP) is 2.54. The number of amides is 1. The quantitative estimate of drug-likeness (QED) is 0.768. The predicted molar refractivity (Wildman–Crippen MR) is 93.8 cm³/mol. The highest BCUT2D eigenvalue weighted by Gasteiger charge is 2.28. The van der Waals surface area contributed by atoms with Gasteiger partial charge in [-0.3, -0.25) is 9.52 Å². The summed E-state index contributed by atoms with van der Waals surface area (Å²) in [5, 5.41) is 2.72. The summed E-state index contributed by atoms with van der Waals surface area (Å²) in [6.45, 7) is 1.87. The summed E-state index contributed by atoms with van der Waals surface area (Å²) >= 11 is 6.81. The van der Waals surface area contributed by atoms with Crippen LogP contribution in [0.2, 0.25) is 5.02 Å². The van der Waals surface area contributed by atoms with Crippen molar-refractivity contribution in [2.75, 3.05) is 11.8 Å². The highest BCUT2D eigenvalue weighted by Crippen LogP contribution is 2.37. The normalized spacial score (nSPS) is 13.3. The Balaban J connectivity index is 1.96. The molecule has 0 fully saturated rings. The molecule has 2 N–H and O–H groups in total. The number of fused-ring (bicyclic) bond motifs is 1. The largest absolute Gasteiger partial charge is 0.465 e. The maximum atomic E-state index is 12.7. The van der Waals surface area contributed by atoms with Crippen molar-refractivity contribution in [3.05, 3.63) is 44.8 Å². The van der Waals surface area contributed by atoms with E-state index < -0.39 is 16.0 Å². The molecule has 0 atom stereocenters. The fourth-order valence-corrected chi connectivity index (χ4v) is 5.55. The van der Waals surface area contributed by atoms with Crippen LogP contribution in [0.4, 0.5) is 5.69 Å². The number of thiophene rings is 1. The van der Waals surface area contributed by atoms with E-state index in [0.29, 0.717) is 23.4 Å². The molecule has 10 heteroatoms. The van der Waals surface area contributed by atoms with E-state index >= 15 is 0 Å². The Kier molecular flexibility index (Phi) is 4.48. The first-order valence-corrected chi connectivity index (χ1v) is 9.73. The summed E-state index contributed by atoms with van der Waals surface area (Å²) in [6.07, 6.45) is 0. The van der Waals surface area contributed by atoms with Crippen LogP contribution >= 0.6 is 22.9 Å². The molecule has 1 aromatic carbocycles. The number of esters is 1. The van der Waals surface area contributed by atoms with Crippen molar-refractivity contribution in [3.63, 3.8) is 0 Å². The minimum Gasteiger partial charge on any atom is -0.465 e. The highest BCUT2D eigenvalue weighted by atomic mass is 35.5. The van der Waals surface area contributed by atoms with Crippen molar-refractivity contribution in [3.8, 4) is 0 Å². The summed E-state index contributed by atoms with van der Waals surface area (Å²) in [6, 6.07) is 4.66. The standard InChI is InChI=1S/C15H13ClN2O5S2/c1-7-11(16)12(14(20)23-2)24-15(7)25(21,22)18-9-3-4-10-8(5-9)6-17-13(10)19/h3-5,18H,6H2,1-2H3,(H,17,19). The molecule has 2 aromatic rings. The van der Waals surface area contributed by atoms with Gasteiger partial charge in [-0.1, -0.05) is 11.6 Å². The summed E-state index contributed by atoms with van der Waals surface area (Å²) in [5.74, 6) is -0.880. The van der Waals surface area contributed by atoms with Gasteiger partial charge in [0, 0.05) is 23.4 Å². The van der Waals surface area contributed by atoms with E-state index in [4.69, 9.17) is 11.6 Å². The van der Waals surface area contributed by atoms with Gasteiger partial charge in [-0.25, -0.2) is 13.2 Å². The molecule has 0 spiro atoms. The van der Waals surface area contributed by atoms with Crippen molar-refractivity contribution in [1.82, 2.24) is 5.32 Å².